The van der Waals surface area contributed by atoms with Crippen molar-refractivity contribution in [2.24, 2.45) is 5.41 Å². The van der Waals surface area contributed by atoms with Crippen molar-refractivity contribution in [2.75, 3.05) is 0 Å². The molecule has 0 aliphatic rings. The van der Waals surface area contributed by atoms with E-state index in [-0.39, 0.29) is 12.3 Å². The first-order valence-corrected chi connectivity index (χ1v) is 6.21. The smallest absolute Gasteiger partial charge is 0.310 e. The lowest BCUT2D eigenvalue weighted by molar-refractivity contribution is -0.152. The van der Waals surface area contributed by atoms with Crippen molar-refractivity contribution >= 4 is 11.9 Å². The van der Waals surface area contributed by atoms with E-state index >= 15 is 0 Å². The van der Waals surface area contributed by atoms with Crippen LogP contribution in [0.1, 0.15) is 51.9 Å². The molecule has 0 saturated heterocycles. The van der Waals surface area contributed by atoms with Gasteiger partial charge in [-0.25, -0.2) is 0 Å². The molecule has 1 aromatic rings. The van der Waals surface area contributed by atoms with Crippen LogP contribution < -0.4 is 5.32 Å². The SMILES string of the molecule is CCC(CC)(CC(=O)NC(C)c1nn[nH]n1)C(=O)O. The molecular weight excluding hydrogens is 250 g/mol. The summed E-state index contributed by atoms with van der Waals surface area (Å²) in [4.78, 5) is 23.2. The maximum Gasteiger partial charge on any atom is 0.310 e. The molecule has 0 aliphatic carbocycles. The molecule has 8 heteroatoms. The number of hydrogen-bond donors (Lipinski definition) is 3. The highest BCUT2D eigenvalue weighted by Gasteiger charge is 2.37. The number of nitrogens with zero attached hydrogens (tertiary/aromatic N) is 3. The average molecular weight is 269 g/mol. The second-order valence-electron chi connectivity index (χ2n) is 4.53. The van der Waals surface area contributed by atoms with Crippen LogP contribution in [-0.2, 0) is 9.59 Å². The van der Waals surface area contributed by atoms with Gasteiger partial charge in [-0.2, -0.15) is 5.21 Å². The summed E-state index contributed by atoms with van der Waals surface area (Å²) in [6.45, 7) is 5.25. The zero-order valence-electron chi connectivity index (χ0n) is 11.3. The van der Waals surface area contributed by atoms with Gasteiger partial charge in [0.05, 0.1) is 11.5 Å². The highest BCUT2D eigenvalue weighted by molar-refractivity contribution is 5.85. The summed E-state index contributed by atoms with van der Waals surface area (Å²) in [7, 11) is 0. The summed E-state index contributed by atoms with van der Waals surface area (Å²) in [6.07, 6.45) is 0.753. The molecule has 1 heterocycles. The first-order valence-electron chi connectivity index (χ1n) is 6.21. The predicted molar refractivity (Wildman–Crippen MR) is 66.0 cm³/mol. The highest BCUT2D eigenvalue weighted by atomic mass is 16.4. The lowest BCUT2D eigenvalue weighted by atomic mass is 9.79. The summed E-state index contributed by atoms with van der Waals surface area (Å²) in [5, 5.41) is 25.2. The Bertz CT molecular complexity index is 428. The van der Waals surface area contributed by atoms with Gasteiger partial charge in [0.1, 0.15) is 0 Å². The number of rotatable bonds is 7. The molecule has 0 spiro atoms. The number of hydrogen-bond acceptors (Lipinski definition) is 5. The fraction of sp³-hybridized carbons (Fsp3) is 0.727. The van der Waals surface area contributed by atoms with Gasteiger partial charge in [0.2, 0.25) is 5.91 Å². The Morgan fingerprint density at radius 3 is 2.47 bits per heavy atom. The van der Waals surface area contributed by atoms with Gasteiger partial charge in [-0.3, -0.25) is 9.59 Å². The minimum atomic E-state index is -1.01. The first-order chi connectivity index (χ1) is 8.95. The Labute approximate surface area is 111 Å². The molecule has 1 unspecified atom stereocenters. The van der Waals surface area contributed by atoms with E-state index in [1.54, 1.807) is 20.8 Å². The molecule has 0 fully saturated rings. The first kappa shape index (κ1) is 15.1. The van der Waals surface area contributed by atoms with Crippen molar-refractivity contribution in [1.29, 1.82) is 0 Å². The van der Waals surface area contributed by atoms with E-state index in [1.165, 1.54) is 0 Å². The third-order valence-electron chi connectivity index (χ3n) is 3.43. The molecule has 1 atom stereocenters. The number of tetrazole rings is 1. The molecule has 3 N–H and O–H groups in total. The van der Waals surface area contributed by atoms with Crippen LogP contribution in [0, 0.1) is 5.41 Å². The zero-order chi connectivity index (χ0) is 14.5. The van der Waals surface area contributed by atoms with Gasteiger partial charge in [-0.1, -0.05) is 19.1 Å². The van der Waals surface area contributed by atoms with Gasteiger partial charge in [-0.15, -0.1) is 10.2 Å². The second kappa shape index (κ2) is 6.26. The van der Waals surface area contributed by atoms with Gasteiger partial charge in [0.15, 0.2) is 5.82 Å². The van der Waals surface area contributed by atoms with Crippen LogP contribution >= 0.6 is 0 Å². The maximum absolute atomic E-state index is 11.9. The van der Waals surface area contributed by atoms with Gasteiger partial charge >= 0.3 is 5.97 Å². The summed E-state index contributed by atoms with van der Waals surface area (Å²) in [5.41, 5.74) is -1.01. The Morgan fingerprint density at radius 2 is 2.05 bits per heavy atom. The van der Waals surface area contributed by atoms with Crippen molar-refractivity contribution < 1.29 is 14.7 Å². The molecule has 1 aromatic heterocycles. The van der Waals surface area contributed by atoms with Gasteiger partial charge in [0.25, 0.3) is 0 Å². The van der Waals surface area contributed by atoms with Gasteiger partial charge in [-0.05, 0) is 19.8 Å². The van der Waals surface area contributed by atoms with Crippen LogP contribution in [-0.4, -0.2) is 37.6 Å². The van der Waals surface area contributed by atoms with Crippen LogP contribution in [0.2, 0.25) is 0 Å². The van der Waals surface area contributed by atoms with Crippen LogP contribution in [0.5, 0.6) is 0 Å². The van der Waals surface area contributed by atoms with Crippen LogP contribution in [0.25, 0.3) is 0 Å². The summed E-state index contributed by atoms with van der Waals surface area (Å²) in [6, 6.07) is -0.411. The molecule has 0 aromatic carbocycles. The lowest BCUT2D eigenvalue weighted by Crippen LogP contribution is -2.37. The normalized spacial score (nSPS) is 13.0. The largest absolute Gasteiger partial charge is 0.481 e. The zero-order valence-corrected chi connectivity index (χ0v) is 11.3. The lowest BCUT2D eigenvalue weighted by Gasteiger charge is -2.26. The minimum Gasteiger partial charge on any atom is -0.481 e. The monoisotopic (exact) mass is 269 g/mol. The second-order valence-corrected chi connectivity index (χ2v) is 4.53. The maximum atomic E-state index is 11.9. The molecule has 19 heavy (non-hydrogen) atoms. The number of aromatic nitrogens is 4. The number of carboxylic acids is 1. The number of carbonyl (C=O) groups is 2. The number of carboxylic acid groups (broad SMARTS) is 1. The van der Waals surface area contributed by atoms with E-state index in [0.29, 0.717) is 18.7 Å². The molecule has 1 amide bonds. The van der Waals surface area contributed by atoms with Crippen molar-refractivity contribution in [3.05, 3.63) is 5.82 Å². The topological polar surface area (TPSA) is 121 Å². The van der Waals surface area contributed by atoms with E-state index in [0.717, 1.165) is 0 Å². The summed E-state index contributed by atoms with van der Waals surface area (Å²) < 4.78 is 0. The van der Waals surface area contributed by atoms with E-state index < -0.39 is 17.4 Å². The quantitative estimate of drug-likeness (QED) is 0.668. The molecule has 0 radical (unpaired) electrons. The van der Waals surface area contributed by atoms with Crippen molar-refractivity contribution in [2.45, 2.75) is 46.1 Å². The van der Waals surface area contributed by atoms with Crippen molar-refractivity contribution in [3.8, 4) is 0 Å². The van der Waals surface area contributed by atoms with E-state index in [1.807, 2.05) is 0 Å². The third-order valence-corrected chi connectivity index (χ3v) is 3.43. The summed E-state index contributed by atoms with van der Waals surface area (Å²) in [5.74, 6) is -0.912. The number of nitrogens with one attached hydrogen (secondary N) is 2. The highest BCUT2D eigenvalue weighted by Crippen LogP contribution is 2.31. The van der Waals surface area contributed by atoms with E-state index in [4.69, 9.17) is 0 Å². The van der Waals surface area contributed by atoms with Crippen molar-refractivity contribution in [1.82, 2.24) is 25.9 Å². The molecule has 0 aliphatic heterocycles. The fourth-order valence-corrected chi connectivity index (χ4v) is 1.90. The summed E-state index contributed by atoms with van der Waals surface area (Å²) >= 11 is 0. The molecule has 1 rings (SSSR count). The van der Waals surface area contributed by atoms with Crippen LogP contribution in [0.3, 0.4) is 0 Å². The van der Waals surface area contributed by atoms with Crippen LogP contribution in [0.4, 0.5) is 0 Å². The Hall–Kier alpha value is -1.99. The molecule has 0 saturated carbocycles. The third kappa shape index (κ3) is 3.49. The Kier molecular flexibility index (Phi) is 4.96. The van der Waals surface area contributed by atoms with Crippen molar-refractivity contribution in [3.63, 3.8) is 0 Å². The number of aromatic amines is 1. The minimum absolute atomic E-state index is 0.0580. The molecule has 106 valence electrons. The number of aliphatic carboxylic acids is 1. The number of carbonyl (C=O) groups excluding carboxylic acids is 1. The van der Waals surface area contributed by atoms with Gasteiger partial charge < -0.3 is 10.4 Å². The Balaban J connectivity index is 2.66. The molecular formula is C11H19N5O3. The standard InChI is InChI=1S/C11H19N5O3/c1-4-11(5-2,10(18)19)6-8(17)12-7(3)9-13-15-16-14-9/h7H,4-6H2,1-3H3,(H,12,17)(H,18,19)(H,13,14,15,16). The fourth-order valence-electron chi connectivity index (χ4n) is 1.90. The molecule has 8 nitrogen and oxygen atoms in total. The Morgan fingerprint density at radius 1 is 1.42 bits per heavy atom. The van der Waals surface area contributed by atoms with Crippen LogP contribution in [0.15, 0.2) is 0 Å². The van der Waals surface area contributed by atoms with E-state index in [9.17, 15) is 14.7 Å². The van der Waals surface area contributed by atoms with E-state index in [2.05, 4.69) is 25.9 Å². The molecule has 0 bridgehead atoms. The predicted octanol–water partition coefficient (Wildman–Crippen LogP) is 0.658. The number of H-pyrrole nitrogens is 1. The van der Waals surface area contributed by atoms with Gasteiger partial charge in [0, 0.05) is 6.42 Å². The average Bonchev–Trinajstić information content (AvgIpc) is 2.89. The number of amides is 1.